The Morgan fingerprint density at radius 1 is 1.47 bits per heavy atom. The summed E-state index contributed by atoms with van der Waals surface area (Å²) in [6.45, 7) is 2.20. The van der Waals surface area contributed by atoms with Gasteiger partial charge in [0, 0.05) is 11.4 Å². The van der Waals surface area contributed by atoms with Crippen LogP contribution in [-0.2, 0) is 0 Å². The Hall–Kier alpha value is -1.22. The van der Waals surface area contributed by atoms with E-state index < -0.39 is 0 Å². The van der Waals surface area contributed by atoms with Crippen LogP contribution in [0.15, 0.2) is 24.3 Å². The molecule has 0 spiro atoms. The normalized spacial score (nSPS) is 26.9. The highest BCUT2D eigenvalue weighted by molar-refractivity contribution is 6.19. The van der Waals surface area contributed by atoms with Gasteiger partial charge in [0.1, 0.15) is 5.75 Å². The lowest BCUT2D eigenvalue weighted by atomic mass is 9.77. The lowest BCUT2D eigenvalue weighted by molar-refractivity contribution is 0.0867. The number of halogens is 1. The van der Waals surface area contributed by atoms with Crippen LogP contribution in [0.5, 0.6) is 5.75 Å². The van der Waals surface area contributed by atoms with E-state index in [2.05, 4.69) is 12.2 Å². The number of rotatable bonds is 3. The minimum Gasteiger partial charge on any atom is -0.508 e. The molecule has 2 rings (SSSR count). The van der Waals surface area contributed by atoms with Crippen LogP contribution in [0, 0.1) is 5.92 Å². The van der Waals surface area contributed by atoms with E-state index in [1.807, 2.05) is 0 Å². The second kappa shape index (κ2) is 5.83. The molecule has 1 aromatic carbocycles. The average Bonchev–Trinajstić information content (AvgIpc) is 2.39. The number of phenolic OH excluding ortho intramolecular Hbond substituents is 1. The molecule has 0 radical (unpaired) electrons. The van der Waals surface area contributed by atoms with Crippen molar-refractivity contribution in [1.29, 1.82) is 0 Å². The van der Waals surface area contributed by atoms with Crippen molar-refractivity contribution in [2.45, 2.75) is 38.1 Å². The van der Waals surface area contributed by atoms with Crippen LogP contribution in [-0.4, -0.2) is 22.4 Å². The zero-order valence-electron chi connectivity index (χ0n) is 11.2. The Morgan fingerprint density at radius 3 is 2.74 bits per heavy atom. The van der Waals surface area contributed by atoms with Gasteiger partial charge >= 0.3 is 0 Å². The zero-order chi connectivity index (χ0) is 13.9. The summed E-state index contributed by atoms with van der Waals surface area (Å²) >= 11 is 6.10. The summed E-state index contributed by atoms with van der Waals surface area (Å²) in [5, 5.41) is 12.3. The summed E-state index contributed by atoms with van der Waals surface area (Å²) in [6.07, 6.45) is 4.17. The van der Waals surface area contributed by atoms with Crippen molar-refractivity contribution in [3.8, 4) is 5.75 Å². The maximum Gasteiger partial charge on any atom is 0.251 e. The number of alkyl halides is 1. The maximum atomic E-state index is 12.2. The van der Waals surface area contributed by atoms with Crippen molar-refractivity contribution in [2.75, 3.05) is 5.88 Å². The van der Waals surface area contributed by atoms with Gasteiger partial charge in [0.15, 0.2) is 0 Å². The standard InChI is InChI=1S/C15H20ClNO2/c1-11-3-2-8-15(9-11,10-16)17-14(19)12-4-6-13(18)7-5-12/h4-7,11,18H,2-3,8-10H2,1H3,(H,17,19). The molecule has 0 saturated heterocycles. The van der Waals surface area contributed by atoms with Crippen LogP contribution in [0.1, 0.15) is 43.0 Å². The van der Waals surface area contributed by atoms with E-state index in [9.17, 15) is 9.90 Å². The molecule has 3 nitrogen and oxygen atoms in total. The van der Waals surface area contributed by atoms with Crippen LogP contribution in [0.2, 0.25) is 0 Å². The van der Waals surface area contributed by atoms with Crippen LogP contribution >= 0.6 is 11.6 Å². The highest BCUT2D eigenvalue weighted by Crippen LogP contribution is 2.33. The molecule has 19 heavy (non-hydrogen) atoms. The molecule has 1 amide bonds. The fourth-order valence-corrected chi connectivity index (χ4v) is 3.16. The number of carbonyl (C=O) groups excluding carboxylic acids is 1. The largest absolute Gasteiger partial charge is 0.508 e. The highest BCUT2D eigenvalue weighted by atomic mass is 35.5. The van der Waals surface area contributed by atoms with E-state index >= 15 is 0 Å². The maximum absolute atomic E-state index is 12.2. The Labute approximate surface area is 119 Å². The van der Waals surface area contributed by atoms with Crippen molar-refractivity contribution >= 4 is 17.5 Å². The third-order valence-corrected chi connectivity index (χ3v) is 4.37. The Kier molecular flexibility index (Phi) is 4.35. The second-order valence-corrected chi connectivity index (χ2v) is 5.88. The van der Waals surface area contributed by atoms with Crippen LogP contribution < -0.4 is 5.32 Å². The van der Waals surface area contributed by atoms with Crippen molar-refractivity contribution in [3.05, 3.63) is 29.8 Å². The first-order valence-corrected chi connectivity index (χ1v) is 7.26. The molecule has 1 fully saturated rings. The number of phenols is 1. The molecule has 0 aliphatic heterocycles. The average molecular weight is 282 g/mol. The number of aromatic hydroxyl groups is 1. The molecule has 4 heteroatoms. The number of hydrogen-bond donors (Lipinski definition) is 2. The molecule has 2 unspecified atom stereocenters. The van der Waals surface area contributed by atoms with E-state index in [1.54, 1.807) is 12.1 Å². The molecule has 2 atom stereocenters. The van der Waals surface area contributed by atoms with E-state index in [1.165, 1.54) is 18.6 Å². The molecule has 0 aromatic heterocycles. The van der Waals surface area contributed by atoms with Gasteiger partial charge < -0.3 is 10.4 Å². The first-order valence-electron chi connectivity index (χ1n) is 6.72. The van der Waals surface area contributed by atoms with Gasteiger partial charge in [-0.3, -0.25) is 4.79 Å². The summed E-state index contributed by atoms with van der Waals surface area (Å²) in [6, 6.07) is 6.29. The van der Waals surface area contributed by atoms with E-state index in [0.717, 1.165) is 19.3 Å². The van der Waals surface area contributed by atoms with Crippen molar-refractivity contribution in [3.63, 3.8) is 0 Å². The molecular weight excluding hydrogens is 262 g/mol. The summed E-state index contributed by atoms with van der Waals surface area (Å²) in [5.41, 5.74) is 0.272. The van der Waals surface area contributed by atoms with E-state index in [-0.39, 0.29) is 17.2 Å². The second-order valence-electron chi connectivity index (χ2n) is 5.62. The summed E-state index contributed by atoms with van der Waals surface area (Å²) < 4.78 is 0. The number of hydrogen-bond acceptors (Lipinski definition) is 2. The predicted molar refractivity (Wildman–Crippen MR) is 76.7 cm³/mol. The SMILES string of the molecule is CC1CCCC(CCl)(NC(=O)c2ccc(O)cc2)C1. The fraction of sp³-hybridized carbons (Fsp3) is 0.533. The summed E-state index contributed by atoms with van der Waals surface area (Å²) in [5.74, 6) is 1.08. The van der Waals surface area contributed by atoms with Gasteiger partial charge in [0.2, 0.25) is 0 Å². The Morgan fingerprint density at radius 2 is 2.16 bits per heavy atom. The number of nitrogens with one attached hydrogen (secondary N) is 1. The molecule has 1 aliphatic rings. The molecule has 0 heterocycles. The minimum atomic E-state index is -0.284. The lowest BCUT2D eigenvalue weighted by Gasteiger charge is -2.39. The smallest absolute Gasteiger partial charge is 0.251 e. The third-order valence-electron chi connectivity index (χ3n) is 3.86. The molecule has 104 valence electrons. The number of carbonyl (C=O) groups is 1. The quantitative estimate of drug-likeness (QED) is 0.835. The van der Waals surface area contributed by atoms with Gasteiger partial charge in [0.05, 0.1) is 5.54 Å². The van der Waals surface area contributed by atoms with Gasteiger partial charge in [-0.2, -0.15) is 0 Å². The van der Waals surface area contributed by atoms with Gasteiger partial charge in [-0.15, -0.1) is 11.6 Å². The van der Waals surface area contributed by atoms with Gasteiger partial charge in [-0.05, 0) is 43.0 Å². The molecule has 1 saturated carbocycles. The van der Waals surface area contributed by atoms with Gasteiger partial charge in [-0.1, -0.05) is 19.8 Å². The molecule has 1 aliphatic carbocycles. The number of amides is 1. The van der Waals surface area contributed by atoms with Gasteiger partial charge in [0.25, 0.3) is 5.91 Å². The zero-order valence-corrected chi connectivity index (χ0v) is 11.9. The molecule has 2 N–H and O–H groups in total. The summed E-state index contributed by atoms with van der Waals surface area (Å²) in [7, 11) is 0. The Balaban J connectivity index is 2.09. The first-order chi connectivity index (χ1) is 9.04. The van der Waals surface area contributed by atoms with Crippen LogP contribution in [0.3, 0.4) is 0 Å². The summed E-state index contributed by atoms with van der Waals surface area (Å²) in [4.78, 5) is 12.2. The highest BCUT2D eigenvalue weighted by Gasteiger charge is 2.35. The molecular formula is C15H20ClNO2. The van der Waals surface area contributed by atoms with Crippen molar-refractivity contribution in [1.82, 2.24) is 5.32 Å². The minimum absolute atomic E-state index is 0.116. The Bertz CT molecular complexity index is 446. The predicted octanol–water partition coefficient (Wildman–Crippen LogP) is 3.31. The fourth-order valence-electron chi connectivity index (χ4n) is 2.85. The van der Waals surface area contributed by atoms with Crippen LogP contribution in [0.4, 0.5) is 0 Å². The van der Waals surface area contributed by atoms with Crippen LogP contribution in [0.25, 0.3) is 0 Å². The monoisotopic (exact) mass is 281 g/mol. The molecule has 0 bridgehead atoms. The van der Waals surface area contributed by atoms with Crippen molar-refractivity contribution < 1.29 is 9.90 Å². The van der Waals surface area contributed by atoms with E-state index in [4.69, 9.17) is 11.6 Å². The lowest BCUT2D eigenvalue weighted by Crippen LogP contribution is -2.52. The van der Waals surface area contributed by atoms with Gasteiger partial charge in [-0.25, -0.2) is 0 Å². The van der Waals surface area contributed by atoms with E-state index in [0.29, 0.717) is 17.4 Å². The third kappa shape index (κ3) is 3.41. The number of benzene rings is 1. The van der Waals surface area contributed by atoms with Crippen molar-refractivity contribution in [2.24, 2.45) is 5.92 Å². The first kappa shape index (κ1) is 14.2. The molecule has 1 aromatic rings. The topological polar surface area (TPSA) is 49.3 Å².